The summed E-state index contributed by atoms with van der Waals surface area (Å²) in [6.45, 7) is 8.29. The highest BCUT2D eigenvalue weighted by atomic mass is 32.2. The first-order valence-corrected chi connectivity index (χ1v) is 7.91. The van der Waals surface area contributed by atoms with Crippen molar-refractivity contribution in [2.24, 2.45) is 0 Å². The molecular weight excluding hydrogens is 216 g/mol. The maximum absolute atomic E-state index is 3.60. The third kappa shape index (κ3) is 3.14. The second kappa shape index (κ2) is 5.28. The largest absolute Gasteiger partial charge is 0.309 e. The van der Waals surface area contributed by atoms with Crippen LogP contribution in [0.5, 0.6) is 0 Å². The zero-order valence-electron chi connectivity index (χ0n) is 11.0. The van der Waals surface area contributed by atoms with Gasteiger partial charge in [-0.05, 0) is 45.8 Å². The fourth-order valence-electron chi connectivity index (χ4n) is 3.14. The Morgan fingerprint density at radius 1 is 1.19 bits per heavy atom. The van der Waals surface area contributed by atoms with Crippen LogP contribution in [0, 0.1) is 0 Å². The van der Waals surface area contributed by atoms with E-state index in [2.05, 4.69) is 42.1 Å². The lowest BCUT2D eigenvalue weighted by Crippen LogP contribution is -2.59. The molecule has 1 heterocycles. The van der Waals surface area contributed by atoms with Crippen LogP contribution in [0.2, 0.25) is 0 Å². The number of piperazine rings is 1. The minimum Gasteiger partial charge on any atom is -0.309 e. The summed E-state index contributed by atoms with van der Waals surface area (Å²) < 4.78 is 0. The Balaban J connectivity index is 1.84. The van der Waals surface area contributed by atoms with Crippen LogP contribution in [-0.2, 0) is 0 Å². The lowest BCUT2D eigenvalue weighted by molar-refractivity contribution is 0.0888. The second-order valence-electron chi connectivity index (χ2n) is 5.95. The standard InChI is InChI=1S/C13H26N2S/c1-13(2)10-15(9-8-14-13)11-4-6-12(16-3)7-5-11/h11-12,14H,4-10H2,1-3H3. The van der Waals surface area contributed by atoms with Crippen LogP contribution in [0.25, 0.3) is 0 Å². The summed E-state index contributed by atoms with van der Waals surface area (Å²) >= 11 is 2.06. The van der Waals surface area contributed by atoms with Gasteiger partial charge in [0, 0.05) is 36.5 Å². The zero-order valence-corrected chi connectivity index (χ0v) is 11.8. The molecular formula is C13H26N2S. The highest BCUT2D eigenvalue weighted by molar-refractivity contribution is 7.99. The lowest BCUT2D eigenvalue weighted by atomic mass is 9.91. The molecule has 0 spiro atoms. The van der Waals surface area contributed by atoms with Gasteiger partial charge in [0.15, 0.2) is 0 Å². The van der Waals surface area contributed by atoms with Crippen LogP contribution in [0.15, 0.2) is 0 Å². The Morgan fingerprint density at radius 3 is 2.44 bits per heavy atom. The van der Waals surface area contributed by atoms with E-state index in [4.69, 9.17) is 0 Å². The first-order chi connectivity index (χ1) is 7.61. The molecule has 16 heavy (non-hydrogen) atoms. The molecule has 2 aliphatic rings. The molecule has 0 aromatic rings. The second-order valence-corrected chi connectivity index (χ2v) is 7.09. The summed E-state index contributed by atoms with van der Waals surface area (Å²) in [5.74, 6) is 0. The maximum atomic E-state index is 3.60. The molecule has 0 aromatic carbocycles. The van der Waals surface area contributed by atoms with E-state index in [-0.39, 0.29) is 0 Å². The molecule has 2 rings (SSSR count). The van der Waals surface area contributed by atoms with Gasteiger partial charge in [0.2, 0.25) is 0 Å². The monoisotopic (exact) mass is 242 g/mol. The molecule has 0 amide bonds. The third-order valence-electron chi connectivity index (χ3n) is 4.09. The summed E-state index contributed by atoms with van der Waals surface area (Å²) in [5.41, 5.74) is 0.314. The minimum atomic E-state index is 0.314. The van der Waals surface area contributed by atoms with Crippen LogP contribution < -0.4 is 5.32 Å². The van der Waals surface area contributed by atoms with Crippen molar-refractivity contribution in [1.82, 2.24) is 10.2 Å². The van der Waals surface area contributed by atoms with E-state index in [1.165, 1.54) is 38.8 Å². The number of hydrogen-bond donors (Lipinski definition) is 1. The predicted octanol–water partition coefficient (Wildman–Crippen LogP) is 2.34. The number of nitrogens with zero attached hydrogens (tertiary/aromatic N) is 1. The summed E-state index contributed by atoms with van der Waals surface area (Å²) in [6, 6.07) is 0.866. The fourth-order valence-corrected chi connectivity index (χ4v) is 3.88. The van der Waals surface area contributed by atoms with E-state index in [0.717, 1.165) is 17.8 Å². The van der Waals surface area contributed by atoms with Crippen LogP contribution in [0.1, 0.15) is 39.5 Å². The molecule has 2 fully saturated rings. The first-order valence-electron chi connectivity index (χ1n) is 6.62. The van der Waals surface area contributed by atoms with Crippen molar-refractivity contribution in [3.8, 4) is 0 Å². The molecule has 1 aliphatic heterocycles. The molecule has 1 N–H and O–H groups in total. The van der Waals surface area contributed by atoms with E-state index in [1.807, 2.05) is 0 Å². The van der Waals surface area contributed by atoms with E-state index >= 15 is 0 Å². The van der Waals surface area contributed by atoms with Gasteiger partial charge in [-0.3, -0.25) is 4.90 Å². The zero-order chi connectivity index (χ0) is 11.6. The highest BCUT2D eigenvalue weighted by Gasteiger charge is 2.32. The molecule has 3 heteroatoms. The van der Waals surface area contributed by atoms with Gasteiger partial charge in [0.25, 0.3) is 0 Å². The molecule has 0 atom stereocenters. The number of thioether (sulfide) groups is 1. The summed E-state index contributed by atoms with van der Waals surface area (Å²) in [5, 5.41) is 4.54. The van der Waals surface area contributed by atoms with E-state index in [9.17, 15) is 0 Å². The van der Waals surface area contributed by atoms with Crippen LogP contribution >= 0.6 is 11.8 Å². The number of nitrogens with one attached hydrogen (secondary N) is 1. The third-order valence-corrected chi connectivity index (χ3v) is 5.23. The molecule has 1 aliphatic carbocycles. The van der Waals surface area contributed by atoms with Gasteiger partial charge in [-0.25, -0.2) is 0 Å². The molecule has 0 bridgehead atoms. The Hall–Kier alpha value is 0.270. The van der Waals surface area contributed by atoms with Gasteiger partial charge in [-0.15, -0.1) is 0 Å². The van der Waals surface area contributed by atoms with Crippen molar-refractivity contribution >= 4 is 11.8 Å². The van der Waals surface area contributed by atoms with Gasteiger partial charge in [0.1, 0.15) is 0 Å². The van der Waals surface area contributed by atoms with Gasteiger partial charge in [0.05, 0.1) is 0 Å². The van der Waals surface area contributed by atoms with Crippen molar-refractivity contribution < 1.29 is 0 Å². The molecule has 0 unspecified atom stereocenters. The van der Waals surface area contributed by atoms with Crippen LogP contribution in [0.4, 0.5) is 0 Å². The van der Waals surface area contributed by atoms with Crippen molar-refractivity contribution in [1.29, 1.82) is 0 Å². The lowest BCUT2D eigenvalue weighted by Gasteiger charge is -2.45. The van der Waals surface area contributed by atoms with E-state index in [1.54, 1.807) is 0 Å². The van der Waals surface area contributed by atoms with Crippen molar-refractivity contribution in [3.05, 3.63) is 0 Å². The molecule has 94 valence electrons. The predicted molar refractivity (Wildman–Crippen MR) is 73.2 cm³/mol. The van der Waals surface area contributed by atoms with Crippen molar-refractivity contribution in [2.75, 3.05) is 25.9 Å². The average molecular weight is 242 g/mol. The molecule has 0 radical (unpaired) electrons. The van der Waals surface area contributed by atoms with Crippen molar-refractivity contribution in [2.45, 2.75) is 56.4 Å². The SMILES string of the molecule is CSC1CCC(N2CCNC(C)(C)C2)CC1. The normalized spacial score (nSPS) is 36.2. The number of rotatable bonds is 2. The smallest absolute Gasteiger partial charge is 0.0252 e. The van der Waals surface area contributed by atoms with Crippen LogP contribution in [0.3, 0.4) is 0 Å². The Labute approximate surface area is 105 Å². The highest BCUT2D eigenvalue weighted by Crippen LogP contribution is 2.30. The van der Waals surface area contributed by atoms with E-state index in [0.29, 0.717) is 5.54 Å². The van der Waals surface area contributed by atoms with Crippen molar-refractivity contribution in [3.63, 3.8) is 0 Å². The van der Waals surface area contributed by atoms with Gasteiger partial charge >= 0.3 is 0 Å². The molecule has 0 aromatic heterocycles. The topological polar surface area (TPSA) is 15.3 Å². The molecule has 1 saturated heterocycles. The molecule has 2 nitrogen and oxygen atoms in total. The molecule has 1 saturated carbocycles. The van der Waals surface area contributed by atoms with Crippen LogP contribution in [-0.4, -0.2) is 47.6 Å². The summed E-state index contributed by atoms with van der Waals surface area (Å²) in [4.78, 5) is 2.73. The summed E-state index contributed by atoms with van der Waals surface area (Å²) in [6.07, 6.45) is 7.95. The van der Waals surface area contributed by atoms with Gasteiger partial charge < -0.3 is 5.32 Å². The average Bonchev–Trinajstić information content (AvgIpc) is 2.28. The first kappa shape index (κ1) is 12.7. The van der Waals surface area contributed by atoms with Gasteiger partial charge in [-0.2, -0.15) is 11.8 Å². The Bertz CT molecular complexity index is 222. The quantitative estimate of drug-likeness (QED) is 0.800. The fraction of sp³-hybridized carbons (Fsp3) is 1.00. The van der Waals surface area contributed by atoms with Gasteiger partial charge in [-0.1, -0.05) is 0 Å². The van der Waals surface area contributed by atoms with E-state index < -0.39 is 0 Å². The summed E-state index contributed by atoms with van der Waals surface area (Å²) in [7, 11) is 0. The minimum absolute atomic E-state index is 0.314. The Kier molecular flexibility index (Phi) is 4.20. The number of hydrogen-bond acceptors (Lipinski definition) is 3. The maximum Gasteiger partial charge on any atom is 0.0252 e. The Morgan fingerprint density at radius 2 is 1.88 bits per heavy atom.